The molecule has 1 aromatic carbocycles. The van der Waals surface area contributed by atoms with Crippen LogP contribution < -0.4 is 4.90 Å². The number of hydrogen-bond acceptors (Lipinski definition) is 2. The molecule has 0 aromatic heterocycles. The first-order valence-electron chi connectivity index (χ1n) is 5.59. The summed E-state index contributed by atoms with van der Waals surface area (Å²) >= 11 is 0. The Morgan fingerprint density at radius 2 is 2.00 bits per heavy atom. The number of para-hydroxylation sites is 1. The zero-order valence-corrected chi connectivity index (χ0v) is 9.10. The van der Waals surface area contributed by atoms with Gasteiger partial charge in [0.05, 0.1) is 5.69 Å². The SMILES string of the molecule is O=C1C2CCCN2C(=O)N1c1ccccc1F. The molecular weight excluding hydrogens is 223 g/mol. The quantitative estimate of drug-likeness (QED) is 0.695. The van der Waals surface area contributed by atoms with Gasteiger partial charge in [-0.1, -0.05) is 12.1 Å². The molecule has 3 amide bonds. The molecule has 4 nitrogen and oxygen atoms in total. The van der Waals surface area contributed by atoms with Gasteiger partial charge in [-0.25, -0.2) is 14.1 Å². The molecule has 2 aliphatic heterocycles. The van der Waals surface area contributed by atoms with Crippen LogP contribution in [0.2, 0.25) is 0 Å². The van der Waals surface area contributed by atoms with Gasteiger partial charge in [-0.05, 0) is 25.0 Å². The maximum Gasteiger partial charge on any atom is 0.332 e. The van der Waals surface area contributed by atoms with E-state index in [0.717, 1.165) is 11.3 Å². The summed E-state index contributed by atoms with van der Waals surface area (Å²) in [5, 5.41) is 0. The normalized spacial score (nSPS) is 23.5. The van der Waals surface area contributed by atoms with Crippen LogP contribution in [-0.2, 0) is 4.79 Å². The average Bonchev–Trinajstić information content (AvgIpc) is 2.87. The largest absolute Gasteiger partial charge is 0.332 e. The van der Waals surface area contributed by atoms with Crippen molar-refractivity contribution in [2.45, 2.75) is 18.9 Å². The monoisotopic (exact) mass is 234 g/mol. The zero-order chi connectivity index (χ0) is 12.0. The molecule has 17 heavy (non-hydrogen) atoms. The first kappa shape index (κ1) is 10.3. The zero-order valence-electron chi connectivity index (χ0n) is 9.10. The predicted molar refractivity (Wildman–Crippen MR) is 59.0 cm³/mol. The molecule has 0 spiro atoms. The molecule has 0 N–H and O–H groups in total. The lowest BCUT2D eigenvalue weighted by atomic mass is 10.2. The third-order valence-corrected chi connectivity index (χ3v) is 3.29. The second-order valence-corrected chi connectivity index (χ2v) is 4.26. The van der Waals surface area contributed by atoms with Crippen LogP contribution in [-0.4, -0.2) is 29.4 Å². The summed E-state index contributed by atoms with van der Waals surface area (Å²) < 4.78 is 13.6. The molecule has 2 saturated heterocycles. The van der Waals surface area contributed by atoms with E-state index in [2.05, 4.69) is 0 Å². The first-order chi connectivity index (χ1) is 8.20. The fraction of sp³-hybridized carbons (Fsp3) is 0.333. The highest BCUT2D eigenvalue weighted by molar-refractivity contribution is 6.21. The van der Waals surface area contributed by atoms with E-state index in [9.17, 15) is 14.0 Å². The fourth-order valence-electron chi connectivity index (χ4n) is 2.48. The van der Waals surface area contributed by atoms with Gasteiger partial charge >= 0.3 is 6.03 Å². The van der Waals surface area contributed by atoms with Crippen molar-refractivity contribution < 1.29 is 14.0 Å². The van der Waals surface area contributed by atoms with Gasteiger partial charge in [0.2, 0.25) is 0 Å². The number of benzene rings is 1. The van der Waals surface area contributed by atoms with Crippen LogP contribution in [0.1, 0.15) is 12.8 Å². The Labute approximate surface area is 97.6 Å². The van der Waals surface area contributed by atoms with Crippen molar-refractivity contribution >= 4 is 17.6 Å². The van der Waals surface area contributed by atoms with Crippen LogP contribution in [0.5, 0.6) is 0 Å². The molecule has 5 heteroatoms. The number of amides is 3. The summed E-state index contributed by atoms with van der Waals surface area (Å²) in [6.45, 7) is 0.584. The average molecular weight is 234 g/mol. The highest BCUT2D eigenvalue weighted by atomic mass is 19.1. The molecule has 88 valence electrons. The van der Waals surface area contributed by atoms with Crippen LogP contribution >= 0.6 is 0 Å². The van der Waals surface area contributed by atoms with E-state index in [4.69, 9.17) is 0 Å². The van der Waals surface area contributed by atoms with Gasteiger partial charge in [-0.15, -0.1) is 0 Å². The Hall–Kier alpha value is -1.91. The van der Waals surface area contributed by atoms with Crippen molar-refractivity contribution in [3.05, 3.63) is 30.1 Å². The van der Waals surface area contributed by atoms with E-state index in [0.29, 0.717) is 13.0 Å². The van der Waals surface area contributed by atoms with Gasteiger partial charge in [0.15, 0.2) is 0 Å². The Morgan fingerprint density at radius 1 is 1.24 bits per heavy atom. The first-order valence-corrected chi connectivity index (χ1v) is 5.59. The van der Waals surface area contributed by atoms with Crippen LogP contribution in [0.4, 0.5) is 14.9 Å². The van der Waals surface area contributed by atoms with Gasteiger partial charge in [-0.3, -0.25) is 4.79 Å². The van der Waals surface area contributed by atoms with Crippen molar-refractivity contribution in [2.24, 2.45) is 0 Å². The molecule has 0 bridgehead atoms. The number of fused-ring (bicyclic) bond motifs is 1. The molecule has 3 rings (SSSR count). The number of halogens is 1. The van der Waals surface area contributed by atoms with Crippen molar-refractivity contribution in [3.63, 3.8) is 0 Å². The minimum Gasteiger partial charge on any atom is -0.312 e. The molecule has 0 aliphatic carbocycles. The van der Waals surface area contributed by atoms with Gasteiger partial charge in [-0.2, -0.15) is 0 Å². The van der Waals surface area contributed by atoms with Crippen LogP contribution in [0.15, 0.2) is 24.3 Å². The number of nitrogens with zero attached hydrogens (tertiary/aromatic N) is 2. The second kappa shape index (κ2) is 3.55. The molecule has 0 saturated carbocycles. The smallest absolute Gasteiger partial charge is 0.312 e. The summed E-state index contributed by atoms with van der Waals surface area (Å²) in [5.41, 5.74) is 0.0527. The van der Waals surface area contributed by atoms with Crippen LogP contribution in [0.25, 0.3) is 0 Å². The fourth-order valence-corrected chi connectivity index (χ4v) is 2.48. The maximum absolute atomic E-state index is 13.6. The van der Waals surface area contributed by atoms with E-state index in [1.807, 2.05) is 0 Å². The van der Waals surface area contributed by atoms with E-state index in [1.54, 1.807) is 6.07 Å². The van der Waals surface area contributed by atoms with Gasteiger partial charge in [0.25, 0.3) is 5.91 Å². The third kappa shape index (κ3) is 1.35. The Kier molecular flexibility index (Phi) is 2.14. The second-order valence-electron chi connectivity index (χ2n) is 4.26. The maximum atomic E-state index is 13.6. The molecule has 2 heterocycles. The van der Waals surface area contributed by atoms with E-state index in [1.165, 1.54) is 23.1 Å². The highest BCUT2D eigenvalue weighted by Crippen LogP contribution is 2.32. The lowest BCUT2D eigenvalue weighted by molar-refractivity contribution is -0.119. The standard InChI is InChI=1S/C12H11FN2O2/c13-8-4-1-2-5-9(8)15-11(16)10-6-3-7-14(10)12(15)17/h1-2,4-5,10H,3,6-7H2. The number of rotatable bonds is 1. The summed E-state index contributed by atoms with van der Waals surface area (Å²) in [4.78, 5) is 26.5. The minimum absolute atomic E-state index is 0.0527. The summed E-state index contributed by atoms with van der Waals surface area (Å²) in [7, 11) is 0. The lowest BCUT2D eigenvalue weighted by Crippen LogP contribution is -2.33. The summed E-state index contributed by atoms with van der Waals surface area (Å²) in [6.07, 6.45) is 1.52. The van der Waals surface area contributed by atoms with Crippen molar-refractivity contribution in [1.29, 1.82) is 0 Å². The van der Waals surface area contributed by atoms with E-state index < -0.39 is 11.8 Å². The van der Waals surface area contributed by atoms with E-state index >= 15 is 0 Å². The molecule has 2 fully saturated rings. The predicted octanol–water partition coefficient (Wildman–Crippen LogP) is 1.76. The Bertz CT molecular complexity index is 481. The van der Waals surface area contributed by atoms with Gasteiger partial charge in [0.1, 0.15) is 11.9 Å². The number of anilines is 1. The number of hydrogen-bond donors (Lipinski definition) is 0. The number of carbonyl (C=O) groups excluding carboxylic acids is 2. The van der Waals surface area contributed by atoms with Crippen molar-refractivity contribution in [1.82, 2.24) is 4.90 Å². The minimum atomic E-state index is -0.546. The van der Waals surface area contributed by atoms with Gasteiger partial charge < -0.3 is 4.90 Å². The number of imide groups is 1. The Balaban J connectivity index is 2.03. The lowest BCUT2D eigenvalue weighted by Gasteiger charge is -2.15. The number of urea groups is 1. The highest BCUT2D eigenvalue weighted by Gasteiger charge is 2.48. The van der Waals surface area contributed by atoms with Crippen molar-refractivity contribution in [2.75, 3.05) is 11.4 Å². The molecule has 1 aromatic rings. The van der Waals surface area contributed by atoms with Crippen LogP contribution in [0.3, 0.4) is 0 Å². The van der Waals surface area contributed by atoms with Crippen LogP contribution in [0, 0.1) is 5.82 Å². The van der Waals surface area contributed by atoms with Gasteiger partial charge in [0, 0.05) is 6.54 Å². The summed E-state index contributed by atoms with van der Waals surface area (Å²) in [6, 6.07) is 5.06. The Morgan fingerprint density at radius 3 is 2.71 bits per heavy atom. The van der Waals surface area contributed by atoms with E-state index in [-0.39, 0.29) is 17.6 Å². The molecular formula is C12H11FN2O2. The number of carbonyl (C=O) groups is 2. The topological polar surface area (TPSA) is 40.6 Å². The third-order valence-electron chi connectivity index (χ3n) is 3.29. The van der Waals surface area contributed by atoms with Crippen molar-refractivity contribution in [3.8, 4) is 0 Å². The molecule has 1 unspecified atom stereocenters. The molecule has 2 aliphatic rings. The molecule has 1 atom stereocenters. The molecule has 0 radical (unpaired) electrons. The summed E-state index contributed by atoms with van der Waals surface area (Å²) in [5.74, 6) is -0.854.